The lowest BCUT2D eigenvalue weighted by molar-refractivity contribution is -0.137. The average molecular weight is 394 g/mol. The van der Waals surface area contributed by atoms with Crippen molar-refractivity contribution in [3.8, 4) is 11.5 Å². The van der Waals surface area contributed by atoms with Crippen LogP contribution in [0, 0.1) is 5.92 Å². The molecule has 3 heterocycles. The number of amides is 1. The summed E-state index contributed by atoms with van der Waals surface area (Å²) >= 11 is 0. The van der Waals surface area contributed by atoms with E-state index in [0.717, 1.165) is 24.6 Å². The Morgan fingerprint density at radius 2 is 2.11 bits per heavy atom. The summed E-state index contributed by atoms with van der Waals surface area (Å²) in [6, 6.07) is 4.88. The second kappa shape index (κ2) is 7.29. The number of H-pyrrole nitrogens is 1. The number of aromatic amines is 1. The van der Waals surface area contributed by atoms with Gasteiger partial charge in [0.2, 0.25) is 0 Å². The number of alkyl halides is 3. The molecule has 6 nitrogen and oxygen atoms in total. The number of fused-ring (bicyclic) bond motifs is 1. The van der Waals surface area contributed by atoms with Gasteiger partial charge < -0.3 is 14.3 Å². The van der Waals surface area contributed by atoms with Crippen molar-refractivity contribution in [1.82, 2.24) is 19.9 Å². The summed E-state index contributed by atoms with van der Waals surface area (Å²) in [5, 5.41) is 0.735. The highest BCUT2D eigenvalue weighted by molar-refractivity contribution is 5.93. The Labute approximate surface area is 160 Å². The minimum Gasteiger partial charge on any atom is -0.449 e. The molecule has 1 N–H and O–H groups in total. The molecule has 0 bridgehead atoms. The van der Waals surface area contributed by atoms with Crippen LogP contribution in [0.25, 0.3) is 22.5 Å². The average Bonchev–Trinajstić information content (AvgIpc) is 3.28. The van der Waals surface area contributed by atoms with E-state index in [-0.39, 0.29) is 19.6 Å². The summed E-state index contributed by atoms with van der Waals surface area (Å²) in [5.41, 5.74) is 1.15. The van der Waals surface area contributed by atoms with Crippen LogP contribution in [-0.2, 0) is 0 Å². The molecule has 1 amide bonds. The van der Waals surface area contributed by atoms with Gasteiger partial charge in [-0.3, -0.25) is 4.79 Å². The fourth-order valence-corrected chi connectivity index (χ4v) is 3.33. The first-order valence-corrected chi connectivity index (χ1v) is 9.15. The van der Waals surface area contributed by atoms with Crippen LogP contribution in [0.15, 0.2) is 35.1 Å². The number of rotatable bonds is 6. The van der Waals surface area contributed by atoms with E-state index < -0.39 is 18.5 Å². The third-order valence-electron chi connectivity index (χ3n) is 5.06. The molecular weight excluding hydrogens is 373 g/mol. The molecule has 0 atom stereocenters. The molecule has 0 unspecified atom stereocenters. The summed E-state index contributed by atoms with van der Waals surface area (Å²) in [5.74, 6) is 0.114. The van der Waals surface area contributed by atoms with Crippen molar-refractivity contribution in [3.05, 3.63) is 36.5 Å². The number of furan rings is 1. The molecule has 1 saturated carbocycles. The number of halogens is 3. The molecule has 3 aromatic rings. The third kappa shape index (κ3) is 3.88. The normalized spacial score (nSPS) is 15.0. The van der Waals surface area contributed by atoms with E-state index >= 15 is 0 Å². The van der Waals surface area contributed by atoms with Crippen LogP contribution in [0.2, 0.25) is 0 Å². The number of nitrogens with one attached hydrogen (secondary N) is 1. The highest BCUT2D eigenvalue weighted by Crippen LogP contribution is 2.30. The summed E-state index contributed by atoms with van der Waals surface area (Å²) in [4.78, 5) is 25.4. The van der Waals surface area contributed by atoms with Gasteiger partial charge in [0.15, 0.2) is 11.5 Å². The molecule has 4 rings (SSSR count). The topological polar surface area (TPSA) is 75.0 Å². The molecule has 1 aliphatic carbocycles. The van der Waals surface area contributed by atoms with Crippen molar-refractivity contribution < 1.29 is 23.8 Å². The zero-order chi connectivity index (χ0) is 19.7. The second-order valence-electron chi connectivity index (χ2n) is 7.04. The van der Waals surface area contributed by atoms with Gasteiger partial charge in [0.25, 0.3) is 5.91 Å². The molecule has 0 aromatic carbocycles. The maximum Gasteiger partial charge on any atom is 0.390 e. The van der Waals surface area contributed by atoms with E-state index in [0.29, 0.717) is 23.6 Å². The van der Waals surface area contributed by atoms with E-state index in [2.05, 4.69) is 15.0 Å². The molecular formula is C19H21F3N4O2. The van der Waals surface area contributed by atoms with Gasteiger partial charge in [-0.2, -0.15) is 13.2 Å². The monoisotopic (exact) mass is 394 g/mol. The van der Waals surface area contributed by atoms with E-state index in [1.807, 2.05) is 0 Å². The zero-order valence-corrected chi connectivity index (χ0v) is 15.0. The Hall–Kier alpha value is -2.84. The maximum absolute atomic E-state index is 12.8. The van der Waals surface area contributed by atoms with Crippen molar-refractivity contribution in [2.24, 2.45) is 5.92 Å². The first-order chi connectivity index (χ1) is 13.4. The predicted molar refractivity (Wildman–Crippen MR) is 97.6 cm³/mol. The molecule has 1 aliphatic rings. The highest BCUT2D eigenvalue weighted by atomic mass is 19.4. The van der Waals surface area contributed by atoms with Gasteiger partial charge in [0, 0.05) is 26.1 Å². The van der Waals surface area contributed by atoms with E-state index in [1.54, 1.807) is 18.3 Å². The third-order valence-corrected chi connectivity index (χ3v) is 5.06. The predicted octanol–water partition coefficient (Wildman–Crippen LogP) is 4.66. The Kier molecular flexibility index (Phi) is 4.82. The van der Waals surface area contributed by atoms with Crippen molar-refractivity contribution in [2.45, 2.75) is 31.9 Å². The minimum absolute atomic E-state index is 0. The highest BCUT2D eigenvalue weighted by Gasteiger charge is 2.32. The SMILES string of the molecule is O=C(c1ccc(-c2ncnc3[nH]ccc23)o1)N(CCC(F)(F)F)CC1CCC1.[HH]. The fourth-order valence-electron chi connectivity index (χ4n) is 3.33. The van der Waals surface area contributed by atoms with Crippen LogP contribution >= 0.6 is 0 Å². The number of carbonyl (C=O) groups is 1. The van der Waals surface area contributed by atoms with Gasteiger partial charge in [-0.05, 0) is 37.0 Å². The van der Waals surface area contributed by atoms with Crippen LogP contribution in [0.3, 0.4) is 0 Å². The van der Waals surface area contributed by atoms with Gasteiger partial charge in [-0.1, -0.05) is 6.42 Å². The molecule has 150 valence electrons. The molecule has 28 heavy (non-hydrogen) atoms. The number of carbonyl (C=O) groups excluding carboxylic acids is 1. The van der Waals surface area contributed by atoms with Crippen LogP contribution < -0.4 is 0 Å². The Bertz CT molecular complexity index is 981. The first kappa shape index (κ1) is 18.5. The van der Waals surface area contributed by atoms with Crippen LogP contribution in [0.1, 0.15) is 37.7 Å². The van der Waals surface area contributed by atoms with E-state index in [4.69, 9.17) is 4.42 Å². The summed E-state index contributed by atoms with van der Waals surface area (Å²) < 4.78 is 43.7. The molecule has 0 radical (unpaired) electrons. The molecule has 0 spiro atoms. The summed E-state index contributed by atoms with van der Waals surface area (Å²) in [6.45, 7) is -0.0507. The Morgan fingerprint density at radius 1 is 1.29 bits per heavy atom. The standard InChI is InChI=1S/C19H19F3N4O2.H2/c20-19(21,22)7-9-26(10-12-2-1-3-12)18(27)15-5-4-14(28-15)16-13-6-8-23-17(13)25-11-24-16;/h4-6,8,11-12H,1-3,7,9-10H2,(H,23,24,25);1H. The van der Waals surface area contributed by atoms with E-state index in [1.165, 1.54) is 17.3 Å². The lowest BCUT2D eigenvalue weighted by atomic mass is 9.85. The van der Waals surface area contributed by atoms with Crippen molar-refractivity contribution in [3.63, 3.8) is 0 Å². The summed E-state index contributed by atoms with van der Waals surface area (Å²) in [6.07, 6.45) is 0.677. The second-order valence-corrected chi connectivity index (χ2v) is 7.04. The van der Waals surface area contributed by atoms with Crippen molar-refractivity contribution in [1.29, 1.82) is 0 Å². The smallest absolute Gasteiger partial charge is 0.390 e. The number of hydrogen-bond donors (Lipinski definition) is 1. The van der Waals surface area contributed by atoms with Crippen molar-refractivity contribution in [2.75, 3.05) is 13.1 Å². The number of hydrogen-bond acceptors (Lipinski definition) is 4. The molecule has 1 fully saturated rings. The quantitative estimate of drug-likeness (QED) is 0.660. The Morgan fingerprint density at radius 3 is 2.82 bits per heavy atom. The lowest BCUT2D eigenvalue weighted by Crippen LogP contribution is -2.39. The van der Waals surface area contributed by atoms with Crippen LogP contribution in [-0.4, -0.2) is 45.0 Å². The first-order valence-electron chi connectivity index (χ1n) is 9.15. The lowest BCUT2D eigenvalue weighted by Gasteiger charge is -2.32. The zero-order valence-electron chi connectivity index (χ0n) is 15.0. The minimum atomic E-state index is -4.31. The fraction of sp³-hybridized carbons (Fsp3) is 0.421. The van der Waals surface area contributed by atoms with Crippen molar-refractivity contribution >= 4 is 16.9 Å². The van der Waals surface area contributed by atoms with Crippen LogP contribution in [0.4, 0.5) is 13.2 Å². The van der Waals surface area contributed by atoms with Crippen LogP contribution in [0.5, 0.6) is 0 Å². The van der Waals surface area contributed by atoms with Gasteiger partial charge in [0.05, 0.1) is 6.42 Å². The molecule has 0 aliphatic heterocycles. The van der Waals surface area contributed by atoms with Gasteiger partial charge in [-0.25, -0.2) is 9.97 Å². The van der Waals surface area contributed by atoms with E-state index in [9.17, 15) is 18.0 Å². The van der Waals surface area contributed by atoms with Gasteiger partial charge >= 0.3 is 6.18 Å². The Balaban J connectivity index is 0.00000240. The molecule has 9 heteroatoms. The summed E-state index contributed by atoms with van der Waals surface area (Å²) in [7, 11) is 0. The molecule has 3 aromatic heterocycles. The largest absolute Gasteiger partial charge is 0.449 e. The van der Waals surface area contributed by atoms with Gasteiger partial charge in [-0.15, -0.1) is 0 Å². The molecule has 0 saturated heterocycles. The number of nitrogens with zero attached hydrogens (tertiary/aromatic N) is 3. The van der Waals surface area contributed by atoms with Gasteiger partial charge in [0.1, 0.15) is 17.7 Å². The number of aromatic nitrogens is 3. The maximum atomic E-state index is 12.8.